The van der Waals surface area contributed by atoms with Crippen molar-refractivity contribution in [3.63, 3.8) is 0 Å². The molecular weight excluding hydrogens is 460 g/mol. The van der Waals surface area contributed by atoms with Crippen LogP contribution in [0.2, 0.25) is 0 Å². The smallest absolute Gasteiger partial charge is 0.325 e. The quantitative estimate of drug-likeness (QED) is 0.402. The molecule has 2 aliphatic rings. The van der Waals surface area contributed by atoms with Gasteiger partial charge in [0.15, 0.2) is 11.5 Å². The average molecular weight is 503 g/mol. The van der Waals surface area contributed by atoms with Crippen molar-refractivity contribution in [2.45, 2.75) is 77.2 Å². The molecule has 0 bridgehead atoms. The van der Waals surface area contributed by atoms with Gasteiger partial charge in [-0.1, -0.05) is 18.9 Å². The summed E-state index contributed by atoms with van der Waals surface area (Å²) in [5.74, 6) is 1.51. The zero-order valence-electron chi connectivity index (χ0n) is 22.1. The Balaban J connectivity index is 1.54. The third-order valence-electron chi connectivity index (χ3n) is 7.44. The van der Waals surface area contributed by atoms with E-state index in [4.69, 9.17) is 14.2 Å². The molecule has 2 fully saturated rings. The van der Waals surface area contributed by atoms with Gasteiger partial charge in [-0.15, -0.1) is 0 Å². The van der Waals surface area contributed by atoms with Crippen LogP contribution in [0, 0.1) is 5.92 Å². The number of methoxy groups -OCH3 is 2. The molecule has 36 heavy (non-hydrogen) atoms. The first-order valence-electron chi connectivity index (χ1n) is 13.4. The van der Waals surface area contributed by atoms with Gasteiger partial charge in [-0.2, -0.15) is 0 Å². The molecular formula is C28H42N2O6. The number of carbonyl (C=O) groups excluding carboxylic acids is 3. The van der Waals surface area contributed by atoms with Crippen molar-refractivity contribution in [2.24, 2.45) is 5.92 Å². The van der Waals surface area contributed by atoms with Crippen LogP contribution in [-0.4, -0.2) is 74.1 Å². The standard InChI is InChI=1S/C28H42N2O6/c1-4-36-28(33)20-29(18-16-21-14-15-24(34-2)25(19-21)35-3)26(31)12-7-13-27(32)30-17-8-10-22-9-5-6-11-23(22)30/h14-15,19,22-23H,4-13,16-18,20H2,1-3H3. The minimum Gasteiger partial charge on any atom is -0.493 e. The summed E-state index contributed by atoms with van der Waals surface area (Å²) in [6, 6.07) is 6.01. The molecule has 200 valence electrons. The van der Waals surface area contributed by atoms with Gasteiger partial charge >= 0.3 is 5.97 Å². The third-order valence-corrected chi connectivity index (χ3v) is 7.44. The Kier molecular flexibility index (Phi) is 10.9. The zero-order valence-corrected chi connectivity index (χ0v) is 22.1. The second kappa shape index (κ2) is 14.1. The van der Waals surface area contributed by atoms with Crippen molar-refractivity contribution in [1.82, 2.24) is 9.80 Å². The van der Waals surface area contributed by atoms with Crippen LogP contribution in [0.3, 0.4) is 0 Å². The number of esters is 1. The van der Waals surface area contributed by atoms with E-state index in [-0.39, 0.29) is 31.4 Å². The van der Waals surface area contributed by atoms with Crippen molar-refractivity contribution in [3.8, 4) is 11.5 Å². The summed E-state index contributed by atoms with van der Waals surface area (Å²) in [5, 5.41) is 0. The van der Waals surface area contributed by atoms with Gasteiger partial charge < -0.3 is 24.0 Å². The fourth-order valence-corrected chi connectivity index (χ4v) is 5.58. The number of fused-ring (bicyclic) bond motifs is 1. The number of benzene rings is 1. The summed E-state index contributed by atoms with van der Waals surface area (Å²) in [6.45, 7) is 3.13. The van der Waals surface area contributed by atoms with E-state index in [9.17, 15) is 14.4 Å². The minimum atomic E-state index is -0.425. The summed E-state index contributed by atoms with van der Waals surface area (Å²) in [5.41, 5.74) is 0.969. The lowest BCUT2D eigenvalue weighted by Crippen LogP contribution is -2.49. The van der Waals surface area contributed by atoms with E-state index in [1.165, 1.54) is 30.6 Å². The highest BCUT2D eigenvalue weighted by Gasteiger charge is 2.35. The molecule has 1 saturated heterocycles. The van der Waals surface area contributed by atoms with E-state index in [0.29, 0.717) is 49.3 Å². The van der Waals surface area contributed by atoms with Crippen molar-refractivity contribution >= 4 is 17.8 Å². The maximum atomic E-state index is 13.1. The number of likely N-dealkylation sites (tertiary alicyclic amines) is 1. The lowest BCUT2D eigenvalue weighted by Gasteiger charge is -2.44. The van der Waals surface area contributed by atoms with Crippen molar-refractivity contribution in [3.05, 3.63) is 23.8 Å². The molecule has 0 N–H and O–H groups in total. The van der Waals surface area contributed by atoms with Gasteiger partial charge in [0.25, 0.3) is 0 Å². The van der Waals surface area contributed by atoms with Crippen molar-refractivity contribution in [1.29, 1.82) is 0 Å². The Hall–Kier alpha value is -2.77. The number of ether oxygens (including phenoxy) is 3. The van der Waals surface area contributed by atoms with Crippen LogP contribution in [0.25, 0.3) is 0 Å². The molecule has 1 aromatic rings. The van der Waals surface area contributed by atoms with E-state index < -0.39 is 5.97 Å². The average Bonchev–Trinajstić information content (AvgIpc) is 2.90. The maximum absolute atomic E-state index is 13.1. The molecule has 8 nitrogen and oxygen atoms in total. The van der Waals surface area contributed by atoms with Gasteiger partial charge in [0, 0.05) is 32.0 Å². The van der Waals surface area contributed by atoms with E-state index in [1.54, 1.807) is 21.1 Å². The predicted molar refractivity (Wildman–Crippen MR) is 137 cm³/mol. The fourth-order valence-electron chi connectivity index (χ4n) is 5.58. The largest absolute Gasteiger partial charge is 0.493 e. The van der Waals surface area contributed by atoms with E-state index in [0.717, 1.165) is 24.9 Å². The van der Waals surface area contributed by atoms with E-state index >= 15 is 0 Å². The number of nitrogens with zero attached hydrogens (tertiary/aromatic N) is 2. The summed E-state index contributed by atoms with van der Waals surface area (Å²) in [7, 11) is 3.17. The molecule has 1 aliphatic carbocycles. The predicted octanol–water partition coefficient (Wildman–Crippen LogP) is 3.99. The lowest BCUT2D eigenvalue weighted by molar-refractivity contribution is -0.149. The molecule has 0 radical (unpaired) electrons. The number of piperidine rings is 1. The molecule has 1 aliphatic heterocycles. The van der Waals surface area contributed by atoms with Crippen LogP contribution < -0.4 is 9.47 Å². The van der Waals surface area contributed by atoms with Crippen LogP contribution in [0.5, 0.6) is 11.5 Å². The number of rotatable bonds is 12. The molecule has 1 heterocycles. The van der Waals surface area contributed by atoms with Gasteiger partial charge in [0.05, 0.1) is 20.8 Å². The van der Waals surface area contributed by atoms with Crippen molar-refractivity contribution < 1.29 is 28.6 Å². The van der Waals surface area contributed by atoms with Crippen LogP contribution in [0.4, 0.5) is 0 Å². The topological polar surface area (TPSA) is 85.4 Å². The van der Waals surface area contributed by atoms with E-state index in [1.807, 2.05) is 18.2 Å². The number of amides is 2. The minimum absolute atomic E-state index is 0.0935. The maximum Gasteiger partial charge on any atom is 0.325 e. The van der Waals surface area contributed by atoms with Crippen LogP contribution in [0.1, 0.15) is 70.3 Å². The molecule has 2 atom stereocenters. The van der Waals surface area contributed by atoms with Gasteiger partial charge in [0.1, 0.15) is 6.54 Å². The fraction of sp³-hybridized carbons (Fsp3) is 0.679. The Morgan fingerprint density at radius 3 is 2.50 bits per heavy atom. The van der Waals surface area contributed by atoms with Gasteiger partial charge in [-0.25, -0.2) is 0 Å². The van der Waals surface area contributed by atoms with Gasteiger partial charge in [-0.3, -0.25) is 14.4 Å². The molecule has 8 heteroatoms. The highest BCUT2D eigenvalue weighted by Crippen LogP contribution is 2.35. The monoisotopic (exact) mass is 502 g/mol. The highest BCUT2D eigenvalue weighted by atomic mass is 16.5. The normalized spacial score (nSPS) is 19.2. The first-order valence-corrected chi connectivity index (χ1v) is 13.4. The summed E-state index contributed by atoms with van der Waals surface area (Å²) >= 11 is 0. The molecule has 0 spiro atoms. The molecule has 1 saturated carbocycles. The second-order valence-corrected chi connectivity index (χ2v) is 9.75. The Morgan fingerprint density at radius 1 is 1.00 bits per heavy atom. The molecule has 2 unspecified atom stereocenters. The summed E-state index contributed by atoms with van der Waals surface area (Å²) in [4.78, 5) is 41.8. The molecule has 2 amide bonds. The first kappa shape index (κ1) is 27.8. The Morgan fingerprint density at radius 2 is 1.75 bits per heavy atom. The molecule has 3 rings (SSSR count). The zero-order chi connectivity index (χ0) is 25.9. The summed E-state index contributed by atoms with van der Waals surface area (Å²) in [6.07, 6.45) is 8.78. The number of hydrogen-bond acceptors (Lipinski definition) is 6. The van der Waals surface area contributed by atoms with Crippen LogP contribution in [0.15, 0.2) is 18.2 Å². The first-order chi connectivity index (χ1) is 17.5. The Bertz CT molecular complexity index is 887. The Labute approximate surface area is 215 Å². The number of hydrogen-bond donors (Lipinski definition) is 0. The summed E-state index contributed by atoms with van der Waals surface area (Å²) < 4.78 is 15.7. The van der Waals surface area contributed by atoms with Crippen LogP contribution >= 0.6 is 0 Å². The van der Waals surface area contributed by atoms with E-state index in [2.05, 4.69) is 4.90 Å². The second-order valence-electron chi connectivity index (χ2n) is 9.75. The molecule has 1 aromatic carbocycles. The van der Waals surface area contributed by atoms with Gasteiger partial charge in [-0.05, 0) is 69.1 Å². The van der Waals surface area contributed by atoms with Gasteiger partial charge in [0.2, 0.25) is 11.8 Å². The lowest BCUT2D eigenvalue weighted by atomic mass is 9.78. The highest BCUT2D eigenvalue weighted by molar-refractivity contribution is 5.83. The molecule has 0 aromatic heterocycles. The SMILES string of the molecule is CCOC(=O)CN(CCc1ccc(OC)c(OC)c1)C(=O)CCCC(=O)N1CCCC2CCCCC21. The van der Waals surface area contributed by atoms with Crippen LogP contribution in [-0.2, 0) is 25.5 Å². The number of carbonyl (C=O) groups is 3. The van der Waals surface area contributed by atoms with Crippen molar-refractivity contribution in [2.75, 3.05) is 40.5 Å². The third kappa shape index (κ3) is 7.61.